The maximum atomic E-state index is 11.9. The van der Waals surface area contributed by atoms with Crippen LogP contribution >= 0.6 is 0 Å². The van der Waals surface area contributed by atoms with Crippen molar-refractivity contribution >= 4 is 5.97 Å². The second-order valence-electron chi connectivity index (χ2n) is 6.07. The van der Waals surface area contributed by atoms with Gasteiger partial charge in [-0.15, -0.1) is 0 Å². The topological polar surface area (TPSA) is 39.4 Å². The third kappa shape index (κ3) is 3.37. The van der Waals surface area contributed by atoms with Gasteiger partial charge in [0.05, 0.1) is 5.56 Å². The van der Waals surface area contributed by atoms with E-state index in [1.807, 2.05) is 26.8 Å². The fourth-order valence-corrected chi connectivity index (χ4v) is 2.40. The van der Waals surface area contributed by atoms with E-state index in [1.165, 1.54) is 38.4 Å². The lowest BCUT2D eigenvalue weighted by Gasteiger charge is -2.19. The molecule has 18 heavy (non-hydrogen) atoms. The van der Waals surface area contributed by atoms with Crippen molar-refractivity contribution < 1.29 is 13.9 Å². The first-order valence-corrected chi connectivity index (χ1v) is 6.77. The molecule has 100 valence electrons. The molecule has 0 amide bonds. The molecule has 1 aromatic rings. The second-order valence-corrected chi connectivity index (χ2v) is 6.07. The summed E-state index contributed by atoms with van der Waals surface area (Å²) in [4.78, 5) is 11.9. The molecule has 0 N–H and O–H groups in total. The van der Waals surface area contributed by atoms with Crippen molar-refractivity contribution in [3.05, 3.63) is 23.7 Å². The normalized spacial score (nSPS) is 17.7. The Morgan fingerprint density at radius 3 is 2.56 bits per heavy atom. The highest BCUT2D eigenvalue weighted by Crippen LogP contribution is 2.33. The molecule has 1 saturated carbocycles. The van der Waals surface area contributed by atoms with Crippen molar-refractivity contribution in [2.45, 2.75) is 64.4 Å². The van der Waals surface area contributed by atoms with Gasteiger partial charge in [-0.3, -0.25) is 0 Å². The molecule has 2 rings (SSSR count). The van der Waals surface area contributed by atoms with Crippen molar-refractivity contribution in [2.75, 3.05) is 0 Å². The minimum Gasteiger partial charge on any atom is -0.468 e. The van der Waals surface area contributed by atoms with E-state index < -0.39 is 5.60 Å². The third-order valence-corrected chi connectivity index (χ3v) is 3.26. The number of carbonyl (C=O) groups is 1. The number of hydrogen-bond acceptors (Lipinski definition) is 3. The Morgan fingerprint density at radius 2 is 1.94 bits per heavy atom. The highest BCUT2D eigenvalue weighted by molar-refractivity contribution is 5.89. The van der Waals surface area contributed by atoms with E-state index >= 15 is 0 Å². The number of furan rings is 1. The van der Waals surface area contributed by atoms with Gasteiger partial charge in [-0.25, -0.2) is 4.79 Å². The molecular weight excluding hydrogens is 228 g/mol. The monoisotopic (exact) mass is 250 g/mol. The molecule has 1 aliphatic rings. The van der Waals surface area contributed by atoms with Gasteiger partial charge >= 0.3 is 5.97 Å². The summed E-state index contributed by atoms with van der Waals surface area (Å²) in [7, 11) is 0. The molecule has 1 fully saturated rings. The Bertz CT molecular complexity index is 406. The molecular formula is C15H22O3. The molecule has 0 atom stereocenters. The van der Waals surface area contributed by atoms with Gasteiger partial charge in [0, 0.05) is 5.92 Å². The number of ether oxygens (including phenoxy) is 1. The lowest BCUT2D eigenvalue weighted by atomic mass is 9.87. The van der Waals surface area contributed by atoms with Gasteiger partial charge in [0.1, 0.15) is 17.6 Å². The number of hydrogen-bond donors (Lipinski definition) is 0. The Morgan fingerprint density at radius 1 is 1.28 bits per heavy atom. The molecule has 3 heteroatoms. The van der Waals surface area contributed by atoms with E-state index in [0.29, 0.717) is 11.5 Å². The Kier molecular flexibility index (Phi) is 3.79. The van der Waals surface area contributed by atoms with Crippen LogP contribution in [0.3, 0.4) is 0 Å². The summed E-state index contributed by atoms with van der Waals surface area (Å²) in [6, 6.07) is 1.85. The van der Waals surface area contributed by atoms with Crippen LogP contribution < -0.4 is 0 Å². The van der Waals surface area contributed by atoms with E-state index in [0.717, 1.165) is 5.76 Å². The molecule has 1 aromatic heterocycles. The number of esters is 1. The van der Waals surface area contributed by atoms with E-state index in [4.69, 9.17) is 9.15 Å². The molecule has 0 bridgehead atoms. The zero-order chi connectivity index (χ0) is 13.2. The summed E-state index contributed by atoms with van der Waals surface area (Å²) in [5, 5.41) is 0. The fourth-order valence-electron chi connectivity index (χ4n) is 2.40. The quantitative estimate of drug-likeness (QED) is 0.735. The summed E-state index contributed by atoms with van der Waals surface area (Å²) in [6.07, 6.45) is 7.69. The maximum Gasteiger partial charge on any atom is 0.341 e. The first-order chi connectivity index (χ1) is 8.46. The van der Waals surface area contributed by atoms with Crippen LogP contribution in [0.2, 0.25) is 0 Å². The molecule has 3 nitrogen and oxygen atoms in total. The third-order valence-electron chi connectivity index (χ3n) is 3.26. The molecule has 0 radical (unpaired) electrons. The average Bonchev–Trinajstić information content (AvgIpc) is 2.77. The van der Waals surface area contributed by atoms with Gasteiger partial charge in [0.25, 0.3) is 0 Å². The summed E-state index contributed by atoms with van der Waals surface area (Å²) >= 11 is 0. The molecule has 0 aromatic carbocycles. The van der Waals surface area contributed by atoms with Crippen LogP contribution in [0.15, 0.2) is 16.7 Å². The van der Waals surface area contributed by atoms with Gasteiger partial charge in [-0.1, -0.05) is 19.3 Å². The van der Waals surface area contributed by atoms with Gasteiger partial charge in [0.15, 0.2) is 0 Å². The van der Waals surface area contributed by atoms with Gasteiger partial charge in [-0.05, 0) is 39.7 Å². The number of rotatable bonds is 2. The summed E-state index contributed by atoms with van der Waals surface area (Å²) < 4.78 is 10.9. The van der Waals surface area contributed by atoms with Crippen molar-refractivity contribution in [3.8, 4) is 0 Å². The van der Waals surface area contributed by atoms with Gasteiger partial charge < -0.3 is 9.15 Å². The van der Waals surface area contributed by atoms with Crippen LogP contribution in [0.4, 0.5) is 0 Å². The summed E-state index contributed by atoms with van der Waals surface area (Å²) in [6.45, 7) is 5.60. The smallest absolute Gasteiger partial charge is 0.341 e. The van der Waals surface area contributed by atoms with E-state index in [-0.39, 0.29) is 5.97 Å². The van der Waals surface area contributed by atoms with Gasteiger partial charge in [0.2, 0.25) is 0 Å². The van der Waals surface area contributed by atoms with Crippen molar-refractivity contribution in [1.82, 2.24) is 0 Å². The lowest BCUT2D eigenvalue weighted by molar-refractivity contribution is 0.00689. The molecule has 0 spiro atoms. The van der Waals surface area contributed by atoms with Crippen LogP contribution in [0.1, 0.15) is 74.9 Å². The molecule has 0 saturated heterocycles. The zero-order valence-electron chi connectivity index (χ0n) is 11.5. The Balaban J connectivity index is 2.03. The summed E-state index contributed by atoms with van der Waals surface area (Å²) in [5.74, 6) is 1.12. The molecule has 0 aliphatic heterocycles. The van der Waals surface area contributed by atoms with Crippen LogP contribution in [0.5, 0.6) is 0 Å². The van der Waals surface area contributed by atoms with Crippen molar-refractivity contribution in [2.24, 2.45) is 0 Å². The first-order valence-electron chi connectivity index (χ1n) is 6.77. The lowest BCUT2D eigenvalue weighted by Crippen LogP contribution is -2.23. The average molecular weight is 250 g/mol. The van der Waals surface area contributed by atoms with E-state index in [2.05, 4.69) is 0 Å². The minimum absolute atomic E-state index is 0.298. The Labute approximate surface area is 109 Å². The predicted molar refractivity (Wildman–Crippen MR) is 69.7 cm³/mol. The highest BCUT2D eigenvalue weighted by Gasteiger charge is 2.23. The largest absolute Gasteiger partial charge is 0.468 e. The molecule has 1 heterocycles. The van der Waals surface area contributed by atoms with E-state index in [9.17, 15) is 4.79 Å². The van der Waals surface area contributed by atoms with Crippen molar-refractivity contribution in [1.29, 1.82) is 0 Å². The fraction of sp³-hybridized carbons (Fsp3) is 0.667. The van der Waals surface area contributed by atoms with E-state index in [1.54, 1.807) is 0 Å². The predicted octanol–water partition coefficient (Wildman–Crippen LogP) is 4.28. The standard InChI is InChI=1S/C15H22O3/c1-15(2,3)18-14(16)12-9-13(17-10-12)11-7-5-4-6-8-11/h9-11H,4-8H2,1-3H3. The van der Waals surface area contributed by atoms with Crippen molar-refractivity contribution in [3.63, 3.8) is 0 Å². The first kappa shape index (κ1) is 13.2. The summed E-state index contributed by atoms with van der Waals surface area (Å²) in [5.41, 5.74) is 0.0739. The van der Waals surface area contributed by atoms with Gasteiger partial charge in [-0.2, -0.15) is 0 Å². The zero-order valence-corrected chi connectivity index (χ0v) is 11.5. The SMILES string of the molecule is CC(C)(C)OC(=O)c1coc(C2CCCCC2)c1. The maximum absolute atomic E-state index is 11.9. The van der Waals surface area contributed by atoms with Crippen LogP contribution in [-0.2, 0) is 4.74 Å². The minimum atomic E-state index is -0.459. The van der Waals surface area contributed by atoms with Crippen LogP contribution in [-0.4, -0.2) is 11.6 Å². The molecule has 0 unspecified atom stereocenters. The Hall–Kier alpha value is -1.25. The highest BCUT2D eigenvalue weighted by atomic mass is 16.6. The second kappa shape index (κ2) is 5.17. The number of carbonyl (C=O) groups excluding carboxylic acids is 1. The van der Waals surface area contributed by atoms with Crippen LogP contribution in [0, 0.1) is 0 Å². The van der Waals surface area contributed by atoms with Crippen LogP contribution in [0.25, 0.3) is 0 Å². The molecule has 1 aliphatic carbocycles.